The Morgan fingerprint density at radius 2 is 1.62 bits per heavy atom. The van der Waals surface area contributed by atoms with E-state index in [-0.39, 0.29) is 37.3 Å². The molecular formula is C26H26N2O6. The summed E-state index contributed by atoms with van der Waals surface area (Å²) in [6.07, 6.45) is -0.0705. The fourth-order valence-corrected chi connectivity index (χ4v) is 4.18. The van der Waals surface area contributed by atoms with E-state index in [9.17, 15) is 14.4 Å². The van der Waals surface area contributed by atoms with Gasteiger partial charge < -0.3 is 24.9 Å². The molecule has 1 aromatic heterocycles. The molecule has 34 heavy (non-hydrogen) atoms. The number of amides is 2. The Labute approximate surface area is 196 Å². The lowest BCUT2D eigenvalue weighted by Gasteiger charge is -2.17. The van der Waals surface area contributed by atoms with E-state index in [1.54, 1.807) is 0 Å². The average molecular weight is 463 g/mol. The summed E-state index contributed by atoms with van der Waals surface area (Å²) < 4.78 is 10.7. The number of aromatic carboxylic acids is 1. The van der Waals surface area contributed by atoms with Gasteiger partial charge in [-0.25, -0.2) is 9.59 Å². The standard InChI is InChI=1S/C26H26N2O6/c1-2-16(24(29)27-14-17-11-12-23(34-17)25(30)31)13-28-26(32)33-15-22-20-9-5-3-7-18(20)19-8-4-6-10-21(19)22/h3-12,16,22H,2,13-15H2,1H3,(H,27,29)(H,28,32)(H,30,31). The molecule has 0 radical (unpaired) electrons. The van der Waals surface area contributed by atoms with Crippen LogP contribution >= 0.6 is 0 Å². The molecule has 1 atom stereocenters. The number of carbonyl (C=O) groups is 3. The first-order valence-corrected chi connectivity index (χ1v) is 11.2. The first-order chi connectivity index (χ1) is 16.5. The quantitative estimate of drug-likeness (QED) is 0.440. The van der Waals surface area contributed by atoms with Crippen molar-refractivity contribution in [2.45, 2.75) is 25.8 Å². The largest absolute Gasteiger partial charge is 0.475 e. The van der Waals surface area contributed by atoms with Gasteiger partial charge in [-0.2, -0.15) is 0 Å². The zero-order valence-corrected chi connectivity index (χ0v) is 18.7. The van der Waals surface area contributed by atoms with Gasteiger partial charge in [-0.3, -0.25) is 4.79 Å². The molecule has 176 valence electrons. The molecule has 2 aromatic carbocycles. The fourth-order valence-electron chi connectivity index (χ4n) is 4.18. The number of alkyl carbamates (subject to hydrolysis) is 1. The summed E-state index contributed by atoms with van der Waals surface area (Å²) in [5.41, 5.74) is 4.57. The van der Waals surface area contributed by atoms with Crippen molar-refractivity contribution in [3.63, 3.8) is 0 Å². The van der Waals surface area contributed by atoms with Crippen LogP contribution in [0.15, 0.2) is 65.1 Å². The molecular weight excluding hydrogens is 436 g/mol. The first-order valence-electron chi connectivity index (χ1n) is 11.2. The molecule has 2 amide bonds. The number of carbonyl (C=O) groups excluding carboxylic acids is 2. The van der Waals surface area contributed by atoms with Crippen LogP contribution < -0.4 is 10.6 Å². The minimum atomic E-state index is -1.17. The molecule has 1 heterocycles. The van der Waals surface area contributed by atoms with Crippen LogP contribution in [-0.4, -0.2) is 36.2 Å². The number of hydrogen-bond acceptors (Lipinski definition) is 5. The molecule has 3 N–H and O–H groups in total. The Balaban J connectivity index is 1.27. The normalized spacial score (nSPS) is 13.0. The molecule has 0 aliphatic heterocycles. The van der Waals surface area contributed by atoms with Crippen LogP contribution in [0, 0.1) is 5.92 Å². The molecule has 0 saturated heterocycles. The highest BCUT2D eigenvalue weighted by Crippen LogP contribution is 2.44. The van der Waals surface area contributed by atoms with Gasteiger partial charge in [0.15, 0.2) is 0 Å². The van der Waals surface area contributed by atoms with Crippen molar-refractivity contribution in [2.75, 3.05) is 13.2 Å². The summed E-state index contributed by atoms with van der Waals surface area (Å²) in [6.45, 7) is 2.23. The summed E-state index contributed by atoms with van der Waals surface area (Å²) in [5.74, 6) is -1.79. The third kappa shape index (κ3) is 4.96. The van der Waals surface area contributed by atoms with E-state index in [2.05, 4.69) is 34.9 Å². The minimum absolute atomic E-state index is 0.0348. The summed E-state index contributed by atoms with van der Waals surface area (Å²) in [6, 6.07) is 19.0. The van der Waals surface area contributed by atoms with Gasteiger partial charge in [-0.05, 0) is 40.8 Å². The topological polar surface area (TPSA) is 118 Å². The molecule has 0 saturated carbocycles. The van der Waals surface area contributed by atoms with Gasteiger partial charge in [0.2, 0.25) is 11.7 Å². The predicted molar refractivity (Wildman–Crippen MR) is 124 cm³/mol. The molecule has 4 rings (SSSR count). The van der Waals surface area contributed by atoms with E-state index in [1.165, 1.54) is 12.1 Å². The molecule has 1 unspecified atom stereocenters. The second-order valence-corrected chi connectivity index (χ2v) is 8.10. The fraction of sp³-hybridized carbons (Fsp3) is 0.269. The van der Waals surface area contributed by atoms with Crippen LogP contribution in [0.2, 0.25) is 0 Å². The number of carboxylic acids is 1. The molecule has 1 aliphatic rings. The van der Waals surface area contributed by atoms with E-state index in [1.807, 2.05) is 31.2 Å². The number of furan rings is 1. The Morgan fingerprint density at radius 3 is 2.21 bits per heavy atom. The molecule has 0 fully saturated rings. The minimum Gasteiger partial charge on any atom is -0.475 e. The molecule has 8 heteroatoms. The Morgan fingerprint density at radius 1 is 0.971 bits per heavy atom. The van der Waals surface area contributed by atoms with Gasteiger partial charge >= 0.3 is 12.1 Å². The van der Waals surface area contributed by atoms with Crippen molar-refractivity contribution < 1.29 is 28.6 Å². The zero-order valence-electron chi connectivity index (χ0n) is 18.7. The number of hydrogen-bond donors (Lipinski definition) is 3. The van der Waals surface area contributed by atoms with Crippen LogP contribution in [0.5, 0.6) is 0 Å². The highest BCUT2D eigenvalue weighted by molar-refractivity contribution is 5.84. The van der Waals surface area contributed by atoms with Crippen LogP contribution in [0.3, 0.4) is 0 Å². The van der Waals surface area contributed by atoms with Gasteiger partial charge in [0.05, 0.1) is 12.5 Å². The highest BCUT2D eigenvalue weighted by atomic mass is 16.5. The molecule has 8 nitrogen and oxygen atoms in total. The number of fused-ring (bicyclic) bond motifs is 3. The third-order valence-electron chi connectivity index (χ3n) is 6.01. The van der Waals surface area contributed by atoms with E-state index < -0.39 is 18.0 Å². The third-order valence-corrected chi connectivity index (χ3v) is 6.01. The van der Waals surface area contributed by atoms with Gasteiger partial charge in [0.1, 0.15) is 12.4 Å². The lowest BCUT2D eigenvalue weighted by molar-refractivity contribution is -0.125. The number of carboxylic acid groups (broad SMARTS) is 1. The van der Waals surface area contributed by atoms with Gasteiger partial charge in [-0.1, -0.05) is 55.5 Å². The van der Waals surface area contributed by atoms with Gasteiger partial charge in [0.25, 0.3) is 0 Å². The second-order valence-electron chi connectivity index (χ2n) is 8.10. The van der Waals surface area contributed by atoms with Crippen LogP contribution in [0.4, 0.5) is 4.79 Å². The van der Waals surface area contributed by atoms with Crippen molar-refractivity contribution in [3.8, 4) is 11.1 Å². The maximum atomic E-state index is 12.5. The first kappa shape index (κ1) is 23.1. The van der Waals surface area contributed by atoms with Crippen molar-refractivity contribution in [3.05, 3.63) is 83.3 Å². The van der Waals surface area contributed by atoms with Crippen molar-refractivity contribution in [1.82, 2.24) is 10.6 Å². The lowest BCUT2D eigenvalue weighted by Crippen LogP contribution is -2.38. The van der Waals surface area contributed by atoms with Gasteiger partial charge in [0, 0.05) is 12.5 Å². The molecule has 1 aliphatic carbocycles. The Kier molecular flexibility index (Phi) is 6.96. The van der Waals surface area contributed by atoms with E-state index >= 15 is 0 Å². The Hall–Kier alpha value is -4.07. The van der Waals surface area contributed by atoms with E-state index in [0.717, 1.165) is 22.3 Å². The van der Waals surface area contributed by atoms with Gasteiger partial charge in [-0.15, -0.1) is 0 Å². The zero-order chi connectivity index (χ0) is 24.1. The molecule has 3 aromatic rings. The second kappa shape index (κ2) is 10.2. The van der Waals surface area contributed by atoms with Crippen LogP contribution in [0.25, 0.3) is 11.1 Å². The average Bonchev–Trinajstić information content (AvgIpc) is 3.45. The van der Waals surface area contributed by atoms with Crippen molar-refractivity contribution in [2.24, 2.45) is 5.92 Å². The lowest BCUT2D eigenvalue weighted by atomic mass is 9.98. The van der Waals surface area contributed by atoms with Crippen molar-refractivity contribution >= 4 is 18.0 Å². The monoisotopic (exact) mass is 462 g/mol. The molecule has 0 spiro atoms. The predicted octanol–water partition coefficient (Wildman–Crippen LogP) is 4.16. The number of nitrogens with one attached hydrogen (secondary N) is 2. The Bertz CT molecular complexity index is 1160. The summed E-state index contributed by atoms with van der Waals surface area (Å²) in [4.78, 5) is 35.7. The number of rotatable bonds is 9. The van der Waals surface area contributed by atoms with Crippen LogP contribution in [0.1, 0.15) is 46.7 Å². The summed E-state index contributed by atoms with van der Waals surface area (Å²) in [5, 5.41) is 14.3. The highest BCUT2D eigenvalue weighted by Gasteiger charge is 2.29. The van der Waals surface area contributed by atoms with Crippen LogP contribution in [-0.2, 0) is 16.1 Å². The smallest absolute Gasteiger partial charge is 0.407 e. The number of ether oxygens (including phenoxy) is 1. The van der Waals surface area contributed by atoms with E-state index in [4.69, 9.17) is 14.3 Å². The maximum absolute atomic E-state index is 12.5. The summed E-state index contributed by atoms with van der Waals surface area (Å²) >= 11 is 0. The number of benzene rings is 2. The maximum Gasteiger partial charge on any atom is 0.407 e. The van der Waals surface area contributed by atoms with Crippen molar-refractivity contribution in [1.29, 1.82) is 0 Å². The SMILES string of the molecule is CCC(CNC(=O)OCC1c2ccccc2-c2ccccc21)C(=O)NCc1ccc(C(=O)O)o1. The summed E-state index contributed by atoms with van der Waals surface area (Å²) in [7, 11) is 0. The van der Waals surface area contributed by atoms with E-state index in [0.29, 0.717) is 12.2 Å². The molecule has 0 bridgehead atoms.